The molecule has 536 valence electrons. The molecule has 1 nitrogen and oxygen atoms in total. The summed E-state index contributed by atoms with van der Waals surface area (Å²) in [6, 6.07) is 153. The van der Waals surface area contributed by atoms with E-state index in [1.807, 2.05) is 0 Å². The summed E-state index contributed by atoms with van der Waals surface area (Å²) in [6.07, 6.45) is 0. The van der Waals surface area contributed by atoms with Gasteiger partial charge < -0.3 is 4.42 Å². The highest BCUT2D eigenvalue weighted by Crippen LogP contribution is 2.69. The molecule has 0 unspecified atom stereocenters. The Kier molecular flexibility index (Phi) is 12.7. The van der Waals surface area contributed by atoms with Crippen LogP contribution in [0.5, 0.6) is 0 Å². The van der Waals surface area contributed by atoms with Crippen LogP contribution in [0.15, 0.2) is 405 Å². The van der Waals surface area contributed by atoms with Crippen LogP contribution in [0.25, 0.3) is 219 Å². The van der Waals surface area contributed by atoms with Gasteiger partial charge in [-0.3, -0.25) is 0 Å². The van der Waals surface area contributed by atoms with Crippen LogP contribution >= 0.6 is 0 Å². The Hall–Kier alpha value is -15.0. The Morgan fingerprint density at radius 2 is 0.573 bits per heavy atom. The first kappa shape index (κ1) is 63.5. The van der Waals surface area contributed by atoms with Crippen molar-refractivity contribution in [2.45, 2.75) is 10.8 Å². The largest absolute Gasteiger partial charge is 0.455 e. The standard InChI is InChI=1S/C116H66O/c1-2-31-73-68(28-1)62-96(78-35-4-3-32-75(73)78)97-66-105-111(87-44-10-6-36-79(87)97)110-74-58-56-70(60-69(74)57-59-104(110)115(105)100-51-22-17-38-81(100)82-39-18-23-52-101(82)115)95-63-72(64-98-85-42-21-26-55-106(85)117-114(95)98)108-90-47-13-11-45-88(90)107(89-46-12-14-48-91(89)108)71-30-27-29-67(61-71)94-65-99-109-86-43-9-5-33-76(86)77-34-7-16-50-93(77)113(109)116(112(99)92-49-15-8-37-80(92)94)102-53-24-19-40-83(102)84-41-20-25-54-103(84)116/h1-66H. The van der Waals surface area contributed by atoms with Gasteiger partial charge in [-0.05, 0) is 285 Å². The topological polar surface area (TPSA) is 13.1 Å². The van der Waals surface area contributed by atoms with E-state index in [1.165, 1.54) is 225 Å². The van der Waals surface area contributed by atoms with Crippen LogP contribution in [0.2, 0.25) is 0 Å². The number of para-hydroxylation sites is 1. The fourth-order valence-electron chi connectivity index (χ4n) is 23.2. The molecule has 23 aromatic rings. The van der Waals surface area contributed by atoms with Gasteiger partial charge in [-0.15, -0.1) is 0 Å². The predicted molar refractivity (Wildman–Crippen MR) is 491 cm³/mol. The van der Waals surface area contributed by atoms with E-state index in [0.29, 0.717) is 0 Å². The average molecular weight is 1480 g/mol. The fourth-order valence-corrected chi connectivity index (χ4v) is 23.2. The molecule has 0 atom stereocenters. The van der Waals surface area contributed by atoms with Crippen molar-refractivity contribution in [3.05, 3.63) is 445 Å². The molecule has 27 rings (SSSR count). The van der Waals surface area contributed by atoms with Crippen LogP contribution in [0, 0.1) is 0 Å². The molecular formula is C116H66O. The van der Waals surface area contributed by atoms with Gasteiger partial charge >= 0.3 is 0 Å². The van der Waals surface area contributed by atoms with Gasteiger partial charge in [0.05, 0.1) is 10.8 Å². The third kappa shape index (κ3) is 8.17. The quantitative estimate of drug-likeness (QED) is 0.124. The van der Waals surface area contributed by atoms with Gasteiger partial charge in [-0.25, -0.2) is 0 Å². The Morgan fingerprint density at radius 3 is 1.19 bits per heavy atom. The highest BCUT2D eigenvalue weighted by molar-refractivity contribution is 6.27. The normalized spacial score (nSPS) is 13.6. The lowest BCUT2D eigenvalue weighted by molar-refractivity contribution is 0.670. The number of hydrogen-bond donors (Lipinski definition) is 0. The van der Waals surface area contributed by atoms with Crippen LogP contribution in [0.4, 0.5) is 0 Å². The highest BCUT2D eigenvalue weighted by Gasteiger charge is 2.55. The molecular weight excluding hydrogens is 1410 g/mol. The smallest absolute Gasteiger partial charge is 0.143 e. The summed E-state index contributed by atoms with van der Waals surface area (Å²) in [5.74, 6) is 0. The van der Waals surface area contributed by atoms with Crippen molar-refractivity contribution in [1.82, 2.24) is 0 Å². The molecule has 0 N–H and O–H groups in total. The zero-order chi connectivity index (χ0) is 76.1. The molecule has 1 aromatic heterocycles. The zero-order valence-electron chi connectivity index (χ0n) is 63.5. The third-order valence-electron chi connectivity index (χ3n) is 27.6. The number of hydrogen-bond acceptors (Lipinski definition) is 1. The second-order valence-electron chi connectivity index (χ2n) is 32.8. The molecule has 0 amide bonds. The minimum atomic E-state index is -0.604. The maximum atomic E-state index is 7.19. The van der Waals surface area contributed by atoms with Gasteiger partial charge in [0.25, 0.3) is 0 Å². The van der Waals surface area contributed by atoms with Crippen LogP contribution < -0.4 is 0 Å². The molecule has 0 aliphatic heterocycles. The number of fused-ring (bicyclic) bond motifs is 39. The van der Waals surface area contributed by atoms with Crippen molar-refractivity contribution in [1.29, 1.82) is 0 Å². The molecule has 1 heterocycles. The molecule has 1 heteroatoms. The average Bonchev–Trinajstić information content (AvgIpc) is 1.49. The second kappa shape index (κ2) is 23.3. The summed E-state index contributed by atoms with van der Waals surface area (Å²) >= 11 is 0. The number of furan rings is 1. The van der Waals surface area contributed by atoms with E-state index in [0.717, 1.165) is 38.6 Å². The summed E-state index contributed by atoms with van der Waals surface area (Å²) in [7, 11) is 0. The molecule has 0 fully saturated rings. The summed E-state index contributed by atoms with van der Waals surface area (Å²) in [4.78, 5) is 0. The zero-order valence-corrected chi connectivity index (χ0v) is 63.5. The summed E-state index contributed by atoms with van der Waals surface area (Å²) in [5, 5.41) is 24.5. The van der Waals surface area contributed by atoms with Crippen LogP contribution in [0.3, 0.4) is 0 Å². The minimum absolute atomic E-state index is 0.582. The maximum Gasteiger partial charge on any atom is 0.143 e. The third-order valence-corrected chi connectivity index (χ3v) is 27.6. The SMILES string of the molecule is c1cc(-c2cc3c(c4ccccc24)C2(c4ccccc4-c4ccccc42)c2c-3c3ccccc3c3ccccc23)cc(-c2c3ccccc3c(-c3cc(-c4ccc5c6c(ccc5c4)C4(c5ccccc5-c5ccccc54)c4cc(-c5cc7ccccc7c7ccccc57)c5ccccc5c4-6)c4oc5ccccc5c4c3)c3ccccc23)c1. The van der Waals surface area contributed by atoms with Crippen molar-refractivity contribution >= 4 is 119 Å². The van der Waals surface area contributed by atoms with E-state index in [9.17, 15) is 0 Å². The monoisotopic (exact) mass is 1470 g/mol. The molecule has 0 saturated carbocycles. The van der Waals surface area contributed by atoms with Crippen molar-refractivity contribution in [3.8, 4) is 100 Å². The first-order chi connectivity index (χ1) is 58.1. The molecule has 0 bridgehead atoms. The summed E-state index contributed by atoms with van der Waals surface area (Å²) in [6.45, 7) is 0. The molecule has 4 aliphatic rings. The Balaban J connectivity index is 0.657. The van der Waals surface area contributed by atoms with Gasteiger partial charge in [0.15, 0.2) is 0 Å². The summed E-state index contributed by atoms with van der Waals surface area (Å²) < 4.78 is 7.19. The van der Waals surface area contributed by atoms with E-state index < -0.39 is 10.8 Å². The van der Waals surface area contributed by atoms with E-state index in [-0.39, 0.29) is 0 Å². The van der Waals surface area contributed by atoms with E-state index in [4.69, 9.17) is 4.42 Å². The fraction of sp³-hybridized carbons (Fsp3) is 0.0172. The van der Waals surface area contributed by atoms with Crippen molar-refractivity contribution < 1.29 is 4.42 Å². The van der Waals surface area contributed by atoms with E-state index >= 15 is 0 Å². The first-order valence-electron chi connectivity index (χ1n) is 41.0. The van der Waals surface area contributed by atoms with Gasteiger partial charge in [0.1, 0.15) is 11.2 Å². The lowest BCUT2D eigenvalue weighted by Crippen LogP contribution is -2.26. The molecule has 22 aromatic carbocycles. The van der Waals surface area contributed by atoms with Gasteiger partial charge in [0.2, 0.25) is 0 Å². The Morgan fingerprint density at radius 1 is 0.154 bits per heavy atom. The van der Waals surface area contributed by atoms with Crippen molar-refractivity contribution in [2.24, 2.45) is 0 Å². The number of benzene rings is 22. The van der Waals surface area contributed by atoms with Gasteiger partial charge in [0, 0.05) is 16.3 Å². The molecule has 117 heavy (non-hydrogen) atoms. The lowest BCUT2D eigenvalue weighted by Gasteiger charge is -2.33. The molecule has 2 spiro atoms. The maximum absolute atomic E-state index is 7.19. The second-order valence-corrected chi connectivity index (χ2v) is 32.8. The Labute approximate surface area is 674 Å². The Bertz CT molecular complexity index is 8320. The first-order valence-corrected chi connectivity index (χ1v) is 41.0. The van der Waals surface area contributed by atoms with Gasteiger partial charge in [-0.1, -0.05) is 352 Å². The predicted octanol–water partition coefficient (Wildman–Crippen LogP) is 31.0. The van der Waals surface area contributed by atoms with Crippen molar-refractivity contribution in [3.63, 3.8) is 0 Å². The number of rotatable bonds is 5. The van der Waals surface area contributed by atoms with Crippen LogP contribution in [-0.4, -0.2) is 0 Å². The van der Waals surface area contributed by atoms with Crippen LogP contribution in [0.1, 0.15) is 44.5 Å². The van der Waals surface area contributed by atoms with E-state index in [2.05, 4.69) is 400 Å². The summed E-state index contributed by atoms with van der Waals surface area (Å²) in [5.41, 5.74) is 33.5. The van der Waals surface area contributed by atoms with Gasteiger partial charge in [-0.2, -0.15) is 0 Å². The van der Waals surface area contributed by atoms with Crippen molar-refractivity contribution in [2.75, 3.05) is 0 Å². The molecule has 4 aliphatic carbocycles. The molecule has 0 radical (unpaired) electrons. The van der Waals surface area contributed by atoms with E-state index in [1.54, 1.807) is 0 Å². The molecule has 0 saturated heterocycles. The van der Waals surface area contributed by atoms with Crippen LogP contribution in [-0.2, 0) is 10.8 Å². The highest BCUT2D eigenvalue weighted by atomic mass is 16.3. The lowest BCUT2D eigenvalue weighted by atomic mass is 9.68. The minimum Gasteiger partial charge on any atom is -0.455 e.